The smallest absolute Gasteiger partial charge is 0.191 e. The van der Waals surface area contributed by atoms with Crippen molar-refractivity contribution in [2.75, 3.05) is 33.8 Å². The molecule has 0 spiro atoms. The van der Waals surface area contributed by atoms with Gasteiger partial charge in [-0.2, -0.15) is 0 Å². The molecule has 2 rings (SSSR count). The Bertz CT molecular complexity index is 515. The number of nitrogens with zero attached hydrogens (tertiary/aromatic N) is 2. The summed E-state index contributed by atoms with van der Waals surface area (Å²) < 4.78 is 5.14. The second-order valence-electron chi connectivity index (χ2n) is 6.70. The first-order valence-electron chi connectivity index (χ1n) is 9.52. The lowest BCUT2D eigenvalue weighted by Gasteiger charge is -2.35. The zero-order chi connectivity index (χ0) is 17.9. The van der Waals surface area contributed by atoms with E-state index in [0.717, 1.165) is 31.6 Å². The van der Waals surface area contributed by atoms with Crippen LogP contribution in [0.3, 0.4) is 0 Å². The van der Waals surface area contributed by atoms with Crippen LogP contribution in [-0.2, 0) is 17.9 Å². The lowest BCUT2D eigenvalue weighted by atomic mass is 10.0. The molecule has 1 aliphatic rings. The van der Waals surface area contributed by atoms with Gasteiger partial charge in [-0.1, -0.05) is 37.6 Å². The molecular formula is C20H34N4O. The van der Waals surface area contributed by atoms with Crippen LogP contribution in [0.4, 0.5) is 0 Å². The topological polar surface area (TPSA) is 48.9 Å². The second-order valence-corrected chi connectivity index (χ2v) is 6.70. The second kappa shape index (κ2) is 11.1. The SMILES string of the molecule is CCC1CCCCN1CCNC(=NC)NCc1ccc(COC)cc1. The third-order valence-corrected chi connectivity index (χ3v) is 4.93. The highest BCUT2D eigenvalue weighted by Crippen LogP contribution is 2.18. The fraction of sp³-hybridized carbons (Fsp3) is 0.650. The molecule has 0 radical (unpaired) electrons. The molecular weight excluding hydrogens is 312 g/mol. The average molecular weight is 347 g/mol. The number of piperidine rings is 1. The monoisotopic (exact) mass is 346 g/mol. The molecule has 1 aromatic rings. The molecule has 1 unspecified atom stereocenters. The van der Waals surface area contributed by atoms with Gasteiger partial charge in [0.05, 0.1) is 6.61 Å². The fourth-order valence-electron chi connectivity index (χ4n) is 3.46. The summed E-state index contributed by atoms with van der Waals surface area (Å²) in [6.45, 7) is 6.99. The number of benzene rings is 1. The molecule has 5 nitrogen and oxygen atoms in total. The van der Waals surface area contributed by atoms with Crippen molar-refractivity contribution >= 4 is 5.96 Å². The Hall–Kier alpha value is -1.59. The van der Waals surface area contributed by atoms with E-state index in [-0.39, 0.29) is 0 Å². The number of hydrogen-bond donors (Lipinski definition) is 2. The zero-order valence-electron chi connectivity index (χ0n) is 16.1. The van der Waals surface area contributed by atoms with Crippen LogP contribution in [0.5, 0.6) is 0 Å². The van der Waals surface area contributed by atoms with Gasteiger partial charge in [-0.15, -0.1) is 0 Å². The summed E-state index contributed by atoms with van der Waals surface area (Å²) in [5.74, 6) is 0.867. The molecule has 1 heterocycles. The van der Waals surface area contributed by atoms with E-state index < -0.39 is 0 Å². The number of rotatable bonds is 8. The molecule has 25 heavy (non-hydrogen) atoms. The van der Waals surface area contributed by atoms with Gasteiger partial charge >= 0.3 is 0 Å². The van der Waals surface area contributed by atoms with E-state index in [1.165, 1.54) is 43.4 Å². The highest BCUT2D eigenvalue weighted by atomic mass is 16.5. The first kappa shape index (κ1) is 19.7. The van der Waals surface area contributed by atoms with Crippen molar-refractivity contribution in [2.24, 2.45) is 4.99 Å². The van der Waals surface area contributed by atoms with Crippen LogP contribution in [0.15, 0.2) is 29.3 Å². The number of hydrogen-bond acceptors (Lipinski definition) is 3. The molecule has 0 aliphatic carbocycles. The van der Waals surface area contributed by atoms with Gasteiger partial charge in [0.15, 0.2) is 5.96 Å². The van der Waals surface area contributed by atoms with Crippen LogP contribution < -0.4 is 10.6 Å². The van der Waals surface area contributed by atoms with E-state index in [9.17, 15) is 0 Å². The van der Waals surface area contributed by atoms with Gasteiger partial charge in [0.2, 0.25) is 0 Å². The van der Waals surface area contributed by atoms with Gasteiger partial charge in [-0.3, -0.25) is 9.89 Å². The lowest BCUT2D eigenvalue weighted by Crippen LogP contribution is -2.45. The summed E-state index contributed by atoms with van der Waals surface area (Å²) in [7, 11) is 3.55. The summed E-state index contributed by atoms with van der Waals surface area (Å²) >= 11 is 0. The Morgan fingerprint density at radius 1 is 1.20 bits per heavy atom. The Labute approximate surface area is 152 Å². The molecule has 1 fully saturated rings. The highest BCUT2D eigenvalue weighted by Gasteiger charge is 2.19. The Morgan fingerprint density at radius 3 is 2.64 bits per heavy atom. The molecule has 1 saturated heterocycles. The highest BCUT2D eigenvalue weighted by molar-refractivity contribution is 5.79. The van der Waals surface area contributed by atoms with Crippen molar-refractivity contribution in [2.45, 2.75) is 51.8 Å². The van der Waals surface area contributed by atoms with E-state index in [4.69, 9.17) is 4.74 Å². The van der Waals surface area contributed by atoms with Crippen molar-refractivity contribution in [3.05, 3.63) is 35.4 Å². The van der Waals surface area contributed by atoms with Gasteiger partial charge in [0.1, 0.15) is 0 Å². The van der Waals surface area contributed by atoms with Crippen molar-refractivity contribution in [3.63, 3.8) is 0 Å². The molecule has 0 bridgehead atoms. The van der Waals surface area contributed by atoms with Crippen LogP contribution in [0, 0.1) is 0 Å². The molecule has 5 heteroatoms. The minimum absolute atomic E-state index is 0.659. The van der Waals surface area contributed by atoms with Crippen molar-refractivity contribution < 1.29 is 4.74 Å². The first-order chi connectivity index (χ1) is 12.3. The Kier molecular flexibility index (Phi) is 8.77. The van der Waals surface area contributed by atoms with Gasteiger partial charge < -0.3 is 15.4 Å². The molecule has 2 N–H and O–H groups in total. The summed E-state index contributed by atoms with van der Waals surface area (Å²) in [6.07, 6.45) is 5.33. The minimum Gasteiger partial charge on any atom is -0.380 e. The van der Waals surface area contributed by atoms with E-state index in [2.05, 4.69) is 51.7 Å². The number of aliphatic imine (C=N–C) groups is 1. The molecule has 0 saturated carbocycles. The van der Waals surface area contributed by atoms with Gasteiger partial charge in [0.25, 0.3) is 0 Å². The van der Waals surface area contributed by atoms with Crippen molar-refractivity contribution in [3.8, 4) is 0 Å². The van der Waals surface area contributed by atoms with Crippen LogP contribution >= 0.6 is 0 Å². The Balaban J connectivity index is 1.71. The van der Waals surface area contributed by atoms with Gasteiger partial charge in [0, 0.05) is 39.8 Å². The fourth-order valence-corrected chi connectivity index (χ4v) is 3.46. The molecule has 0 aromatic heterocycles. The van der Waals surface area contributed by atoms with E-state index in [1.807, 2.05) is 7.05 Å². The summed E-state index contributed by atoms with van der Waals surface area (Å²) in [6, 6.07) is 9.24. The van der Waals surface area contributed by atoms with Crippen molar-refractivity contribution in [1.82, 2.24) is 15.5 Å². The maximum absolute atomic E-state index is 5.14. The number of methoxy groups -OCH3 is 1. The van der Waals surface area contributed by atoms with Crippen molar-refractivity contribution in [1.29, 1.82) is 0 Å². The molecule has 140 valence electrons. The number of likely N-dealkylation sites (tertiary alicyclic amines) is 1. The van der Waals surface area contributed by atoms with E-state index in [0.29, 0.717) is 6.61 Å². The lowest BCUT2D eigenvalue weighted by molar-refractivity contribution is 0.147. The number of ether oxygens (including phenoxy) is 1. The summed E-state index contributed by atoms with van der Waals surface area (Å²) in [5, 5.41) is 6.83. The number of nitrogens with one attached hydrogen (secondary N) is 2. The number of guanidine groups is 1. The first-order valence-corrected chi connectivity index (χ1v) is 9.52. The summed E-state index contributed by atoms with van der Waals surface area (Å²) in [5.41, 5.74) is 2.44. The van der Waals surface area contributed by atoms with Crippen LogP contribution in [0.1, 0.15) is 43.7 Å². The maximum Gasteiger partial charge on any atom is 0.191 e. The third kappa shape index (κ3) is 6.67. The van der Waals surface area contributed by atoms with Crippen LogP contribution in [-0.4, -0.2) is 50.7 Å². The standard InChI is InChI=1S/C20H34N4O/c1-4-19-7-5-6-13-24(19)14-12-22-20(21-2)23-15-17-8-10-18(11-9-17)16-25-3/h8-11,19H,4-7,12-16H2,1-3H3,(H2,21,22,23). The molecule has 0 amide bonds. The third-order valence-electron chi connectivity index (χ3n) is 4.93. The van der Waals surface area contributed by atoms with Gasteiger partial charge in [-0.25, -0.2) is 0 Å². The van der Waals surface area contributed by atoms with E-state index >= 15 is 0 Å². The van der Waals surface area contributed by atoms with Gasteiger partial charge in [-0.05, 0) is 36.9 Å². The predicted molar refractivity (Wildman–Crippen MR) is 105 cm³/mol. The Morgan fingerprint density at radius 2 is 1.96 bits per heavy atom. The zero-order valence-corrected chi connectivity index (χ0v) is 16.1. The largest absolute Gasteiger partial charge is 0.380 e. The average Bonchev–Trinajstić information content (AvgIpc) is 2.66. The molecule has 1 aliphatic heterocycles. The summed E-state index contributed by atoms with van der Waals surface area (Å²) in [4.78, 5) is 6.95. The van der Waals surface area contributed by atoms with E-state index in [1.54, 1.807) is 7.11 Å². The van der Waals surface area contributed by atoms with Crippen LogP contribution in [0.25, 0.3) is 0 Å². The minimum atomic E-state index is 0.659. The van der Waals surface area contributed by atoms with Crippen LogP contribution in [0.2, 0.25) is 0 Å². The maximum atomic E-state index is 5.14. The predicted octanol–water partition coefficient (Wildman–Crippen LogP) is 2.76. The molecule has 1 aromatic carbocycles. The normalized spacial score (nSPS) is 19.0. The quantitative estimate of drug-likeness (QED) is 0.561. The molecule has 1 atom stereocenters.